The van der Waals surface area contributed by atoms with Gasteiger partial charge in [-0.1, -0.05) is 0 Å². The predicted molar refractivity (Wildman–Crippen MR) is 56.4 cm³/mol. The van der Waals surface area contributed by atoms with E-state index in [4.69, 9.17) is 10.8 Å². The molecule has 0 aromatic carbocycles. The molecule has 0 saturated carbocycles. The van der Waals surface area contributed by atoms with Gasteiger partial charge in [-0.3, -0.25) is 9.48 Å². The molecule has 0 bridgehead atoms. The van der Waals surface area contributed by atoms with Gasteiger partial charge in [-0.15, -0.1) is 0 Å². The Morgan fingerprint density at radius 1 is 1.67 bits per heavy atom. The van der Waals surface area contributed by atoms with Crippen molar-refractivity contribution in [2.45, 2.75) is 38.8 Å². The van der Waals surface area contributed by atoms with Crippen LogP contribution in [0.4, 0.5) is 0 Å². The minimum atomic E-state index is -0.897. The summed E-state index contributed by atoms with van der Waals surface area (Å²) < 4.78 is 1.78. The summed E-state index contributed by atoms with van der Waals surface area (Å²) in [5.41, 5.74) is 6.37. The van der Waals surface area contributed by atoms with E-state index in [2.05, 4.69) is 5.10 Å². The molecule has 5 nitrogen and oxygen atoms in total. The quantitative estimate of drug-likeness (QED) is 0.784. The van der Waals surface area contributed by atoms with Crippen molar-refractivity contribution in [3.63, 3.8) is 0 Å². The molecule has 15 heavy (non-hydrogen) atoms. The van der Waals surface area contributed by atoms with Crippen LogP contribution in [0.5, 0.6) is 0 Å². The molecule has 1 aromatic rings. The van der Waals surface area contributed by atoms with Crippen molar-refractivity contribution >= 4 is 5.97 Å². The number of nitrogens with zero attached hydrogens (tertiary/aromatic N) is 2. The average Bonchev–Trinajstić information content (AvgIpc) is 2.48. The van der Waals surface area contributed by atoms with Crippen LogP contribution in [-0.2, 0) is 10.3 Å². The summed E-state index contributed by atoms with van der Waals surface area (Å²) in [5, 5.41) is 12.8. The highest BCUT2D eigenvalue weighted by atomic mass is 16.4. The zero-order valence-electron chi connectivity index (χ0n) is 9.27. The Labute approximate surface area is 88.9 Å². The Bertz CT molecular complexity index is 352. The van der Waals surface area contributed by atoms with Crippen LogP contribution < -0.4 is 5.73 Å². The first-order valence-corrected chi connectivity index (χ1v) is 4.83. The molecule has 5 heteroatoms. The second kappa shape index (κ2) is 4.02. The van der Waals surface area contributed by atoms with Gasteiger partial charge in [0.05, 0.1) is 18.2 Å². The van der Waals surface area contributed by atoms with Crippen LogP contribution in [0.1, 0.15) is 38.8 Å². The Balaban J connectivity index is 2.80. The average molecular weight is 211 g/mol. The van der Waals surface area contributed by atoms with Crippen molar-refractivity contribution in [3.8, 4) is 0 Å². The lowest BCUT2D eigenvalue weighted by molar-refractivity contribution is -0.137. The molecule has 0 amide bonds. The third-order valence-electron chi connectivity index (χ3n) is 2.11. The highest BCUT2D eigenvalue weighted by Gasteiger charge is 2.17. The first kappa shape index (κ1) is 11.7. The molecule has 1 atom stereocenters. The molecular formula is C10H17N3O2. The fourth-order valence-electron chi connectivity index (χ4n) is 1.20. The van der Waals surface area contributed by atoms with Gasteiger partial charge in [0.2, 0.25) is 0 Å². The van der Waals surface area contributed by atoms with Crippen LogP contribution in [0, 0.1) is 0 Å². The van der Waals surface area contributed by atoms with E-state index in [9.17, 15) is 4.79 Å². The van der Waals surface area contributed by atoms with Crippen LogP contribution in [0.25, 0.3) is 0 Å². The number of aromatic nitrogens is 2. The van der Waals surface area contributed by atoms with Crippen molar-refractivity contribution < 1.29 is 9.90 Å². The van der Waals surface area contributed by atoms with Gasteiger partial charge >= 0.3 is 5.97 Å². The Morgan fingerprint density at radius 2 is 2.27 bits per heavy atom. The lowest BCUT2D eigenvalue weighted by Crippen LogP contribution is -2.22. The fourth-order valence-corrected chi connectivity index (χ4v) is 1.20. The zero-order valence-corrected chi connectivity index (χ0v) is 9.27. The molecule has 3 N–H and O–H groups in total. The van der Waals surface area contributed by atoms with Crippen molar-refractivity contribution in [2.75, 3.05) is 0 Å². The van der Waals surface area contributed by atoms with E-state index < -0.39 is 12.0 Å². The standard InChI is InChI=1S/C10H17N3O2/c1-10(2,3)13-6-7(5-12-13)8(11)4-9(14)15/h5-6,8H,4,11H2,1-3H3,(H,14,15). The van der Waals surface area contributed by atoms with E-state index in [1.54, 1.807) is 17.1 Å². The molecule has 0 fully saturated rings. The molecule has 0 aliphatic carbocycles. The first-order chi connectivity index (χ1) is 6.80. The summed E-state index contributed by atoms with van der Waals surface area (Å²) in [4.78, 5) is 10.5. The van der Waals surface area contributed by atoms with E-state index in [0.717, 1.165) is 5.56 Å². The van der Waals surface area contributed by atoms with Crippen LogP contribution in [0.2, 0.25) is 0 Å². The summed E-state index contributed by atoms with van der Waals surface area (Å²) >= 11 is 0. The highest BCUT2D eigenvalue weighted by Crippen LogP contribution is 2.18. The maximum Gasteiger partial charge on any atom is 0.305 e. The summed E-state index contributed by atoms with van der Waals surface area (Å²) in [6, 6.07) is -0.487. The van der Waals surface area contributed by atoms with Gasteiger partial charge in [-0.05, 0) is 20.8 Å². The fraction of sp³-hybridized carbons (Fsp3) is 0.600. The van der Waals surface area contributed by atoms with E-state index in [-0.39, 0.29) is 12.0 Å². The molecule has 0 radical (unpaired) electrons. The van der Waals surface area contributed by atoms with Gasteiger partial charge in [0, 0.05) is 17.8 Å². The van der Waals surface area contributed by atoms with E-state index >= 15 is 0 Å². The minimum absolute atomic E-state index is 0.0736. The van der Waals surface area contributed by atoms with Gasteiger partial charge in [0.1, 0.15) is 0 Å². The number of hydrogen-bond acceptors (Lipinski definition) is 3. The Hall–Kier alpha value is -1.36. The second-order valence-corrected chi connectivity index (χ2v) is 4.59. The third kappa shape index (κ3) is 3.06. The Morgan fingerprint density at radius 3 is 2.67 bits per heavy atom. The molecule has 1 heterocycles. The summed E-state index contributed by atoms with van der Waals surface area (Å²) in [6.07, 6.45) is 3.35. The molecule has 1 rings (SSSR count). The van der Waals surface area contributed by atoms with E-state index in [0.29, 0.717) is 0 Å². The third-order valence-corrected chi connectivity index (χ3v) is 2.11. The number of nitrogens with two attached hydrogens (primary N) is 1. The van der Waals surface area contributed by atoms with Crippen LogP contribution in [-0.4, -0.2) is 20.9 Å². The van der Waals surface area contributed by atoms with E-state index in [1.165, 1.54) is 0 Å². The van der Waals surface area contributed by atoms with Gasteiger partial charge < -0.3 is 10.8 Å². The largest absolute Gasteiger partial charge is 0.481 e. The monoisotopic (exact) mass is 211 g/mol. The van der Waals surface area contributed by atoms with Crippen molar-refractivity contribution in [1.82, 2.24) is 9.78 Å². The lowest BCUT2D eigenvalue weighted by Gasteiger charge is -2.18. The topological polar surface area (TPSA) is 81.1 Å². The molecule has 0 aliphatic rings. The van der Waals surface area contributed by atoms with Crippen LogP contribution in [0.3, 0.4) is 0 Å². The van der Waals surface area contributed by atoms with E-state index in [1.807, 2.05) is 20.8 Å². The van der Waals surface area contributed by atoms with Crippen molar-refractivity contribution in [3.05, 3.63) is 18.0 Å². The molecular weight excluding hydrogens is 194 g/mol. The number of aliphatic carboxylic acids is 1. The summed E-state index contributed by atoms with van der Waals surface area (Å²) in [6.45, 7) is 6.06. The van der Waals surface area contributed by atoms with Gasteiger partial charge in [0.15, 0.2) is 0 Å². The summed E-state index contributed by atoms with van der Waals surface area (Å²) in [7, 11) is 0. The van der Waals surface area contributed by atoms with Gasteiger partial charge in [-0.25, -0.2) is 0 Å². The molecule has 1 aromatic heterocycles. The van der Waals surface area contributed by atoms with Crippen LogP contribution >= 0.6 is 0 Å². The van der Waals surface area contributed by atoms with Crippen molar-refractivity contribution in [1.29, 1.82) is 0 Å². The first-order valence-electron chi connectivity index (χ1n) is 4.83. The predicted octanol–water partition coefficient (Wildman–Crippen LogP) is 1.11. The number of rotatable bonds is 3. The number of carboxylic acids is 1. The lowest BCUT2D eigenvalue weighted by atomic mass is 10.1. The molecule has 1 unspecified atom stereocenters. The smallest absolute Gasteiger partial charge is 0.305 e. The maximum atomic E-state index is 10.5. The Kier molecular flexibility index (Phi) is 3.14. The SMILES string of the molecule is CC(C)(C)n1cc(C(N)CC(=O)O)cn1. The maximum absolute atomic E-state index is 10.5. The second-order valence-electron chi connectivity index (χ2n) is 4.59. The van der Waals surface area contributed by atoms with Gasteiger partial charge in [-0.2, -0.15) is 5.10 Å². The van der Waals surface area contributed by atoms with Crippen molar-refractivity contribution in [2.24, 2.45) is 5.73 Å². The highest BCUT2D eigenvalue weighted by molar-refractivity contribution is 5.67. The molecule has 0 spiro atoms. The normalized spacial score (nSPS) is 13.9. The number of carboxylic acid groups (broad SMARTS) is 1. The summed E-state index contributed by atoms with van der Waals surface area (Å²) in [5.74, 6) is -0.897. The van der Waals surface area contributed by atoms with Gasteiger partial charge in [0.25, 0.3) is 0 Å². The molecule has 0 saturated heterocycles. The van der Waals surface area contributed by atoms with Crippen LogP contribution in [0.15, 0.2) is 12.4 Å². The number of carbonyl (C=O) groups is 1. The molecule has 0 aliphatic heterocycles. The zero-order chi connectivity index (χ0) is 11.6. The molecule has 84 valence electrons. The number of hydrogen-bond donors (Lipinski definition) is 2. The minimum Gasteiger partial charge on any atom is -0.481 e.